The summed E-state index contributed by atoms with van der Waals surface area (Å²) < 4.78 is 25.0. The van der Waals surface area contributed by atoms with E-state index in [1.54, 1.807) is 20.3 Å². The average molecular weight is 595 g/mol. The van der Waals surface area contributed by atoms with Crippen LogP contribution in [0.2, 0.25) is 0 Å². The zero-order valence-corrected chi connectivity index (χ0v) is 24.6. The minimum absolute atomic E-state index is 0.115. The van der Waals surface area contributed by atoms with Gasteiger partial charge in [0.2, 0.25) is 5.91 Å². The van der Waals surface area contributed by atoms with E-state index < -0.39 is 0 Å². The average Bonchev–Trinajstić information content (AvgIpc) is 3.61. The second-order valence-corrected chi connectivity index (χ2v) is 10.6. The number of aromatic nitrogens is 3. The smallest absolute Gasteiger partial charge is 0.234 e. The monoisotopic (exact) mass is 594 g/mol. The molecule has 0 bridgehead atoms. The largest absolute Gasteiger partial charge is 0.495 e. The number of rotatable bonds is 12. The van der Waals surface area contributed by atoms with Crippen molar-refractivity contribution in [3.63, 3.8) is 0 Å². The van der Waals surface area contributed by atoms with Crippen LogP contribution in [0.15, 0.2) is 101 Å². The lowest BCUT2D eigenvalue weighted by Gasteiger charge is -2.13. The maximum Gasteiger partial charge on any atom is 0.234 e. The number of hydrogen-bond donors (Lipinski definition) is 1. The van der Waals surface area contributed by atoms with Crippen LogP contribution in [0.25, 0.3) is 33.1 Å². The molecule has 0 fully saturated rings. The molecule has 0 atom stereocenters. The Morgan fingerprint density at radius 2 is 1.67 bits per heavy atom. The number of fused-ring (bicyclic) bond motifs is 3. The van der Waals surface area contributed by atoms with Gasteiger partial charge in [-0.05, 0) is 23.8 Å². The second kappa shape index (κ2) is 13.0. The summed E-state index contributed by atoms with van der Waals surface area (Å²) in [6.45, 7) is 1.19. The molecule has 1 N–H and O–H groups in total. The summed E-state index contributed by atoms with van der Waals surface area (Å²) in [7, 11) is 3.22. The molecule has 0 saturated carbocycles. The van der Waals surface area contributed by atoms with Crippen LogP contribution in [-0.2, 0) is 22.7 Å². The zero-order valence-electron chi connectivity index (χ0n) is 23.8. The SMILES string of the molecule is COCCn1c(COc2ccccc2-c2ccccc2)nnc1SCC(=O)Nc1cc2oc3ccccc3c2cc1OC. The highest BCUT2D eigenvalue weighted by Gasteiger charge is 2.18. The third kappa shape index (κ3) is 6.20. The Morgan fingerprint density at radius 1 is 0.884 bits per heavy atom. The molecule has 0 radical (unpaired) electrons. The van der Waals surface area contributed by atoms with Crippen molar-refractivity contribution >= 4 is 45.3 Å². The predicted octanol–water partition coefficient (Wildman–Crippen LogP) is 6.81. The van der Waals surface area contributed by atoms with E-state index in [0.717, 1.165) is 33.2 Å². The molecular formula is C33H30N4O5S. The van der Waals surface area contributed by atoms with Crippen LogP contribution < -0.4 is 14.8 Å². The molecule has 6 rings (SSSR count). The summed E-state index contributed by atoms with van der Waals surface area (Å²) in [5.74, 6) is 1.84. The minimum atomic E-state index is -0.213. The van der Waals surface area contributed by atoms with E-state index in [9.17, 15) is 4.79 Å². The number of amides is 1. The molecule has 9 nitrogen and oxygen atoms in total. The number of benzene rings is 4. The number of methoxy groups -OCH3 is 2. The van der Waals surface area contributed by atoms with Crippen molar-refractivity contribution in [1.29, 1.82) is 0 Å². The van der Waals surface area contributed by atoms with Gasteiger partial charge in [-0.15, -0.1) is 10.2 Å². The van der Waals surface area contributed by atoms with E-state index in [1.165, 1.54) is 11.8 Å². The van der Waals surface area contributed by atoms with E-state index in [1.807, 2.05) is 89.5 Å². The minimum Gasteiger partial charge on any atom is -0.495 e. The number of carbonyl (C=O) groups excluding carboxylic acids is 1. The summed E-state index contributed by atoms with van der Waals surface area (Å²) in [5.41, 5.74) is 4.04. The topological polar surface area (TPSA) is 101 Å². The number of hydrogen-bond acceptors (Lipinski definition) is 8. The highest BCUT2D eigenvalue weighted by atomic mass is 32.2. The Morgan fingerprint density at radius 3 is 2.51 bits per heavy atom. The summed E-state index contributed by atoms with van der Waals surface area (Å²) in [4.78, 5) is 13.1. The molecule has 1 amide bonds. The van der Waals surface area contributed by atoms with Crippen molar-refractivity contribution in [2.24, 2.45) is 0 Å². The quantitative estimate of drug-likeness (QED) is 0.154. The fourth-order valence-corrected chi connectivity index (χ4v) is 5.65. The summed E-state index contributed by atoms with van der Waals surface area (Å²) in [5, 5.41) is 14.2. The summed E-state index contributed by atoms with van der Waals surface area (Å²) >= 11 is 1.29. The van der Waals surface area contributed by atoms with Crippen LogP contribution >= 0.6 is 11.8 Å². The lowest BCUT2D eigenvalue weighted by Crippen LogP contribution is -2.16. The lowest BCUT2D eigenvalue weighted by molar-refractivity contribution is -0.113. The van der Waals surface area contributed by atoms with Gasteiger partial charge in [-0.2, -0.15) is 0 Å². The molecule has 0 aliphatic rings. The molecule has 218 valence electrons. The van der Waals surface area contributed by atoms with E-state index in [0.29, 0.717) is 41.2 Å². The van der Waals surface area contributed by atoms with Gasteiger partial charge in [0, 0.05) is 36.1 Å². The number of thioether (sulfide) groups is 1. The van der Waals surface area contributed by atoms with Gasteiger partial charge in [-0.1, -0.05) is 78.5 Å². The zero-order chi connectivity index (χ0) is 29.6. The van der Waals surface area contributed by atoms with Crippen LogP contribution in [-0.4, -0.2) is 47.3 Å². The van der Waals surface area contributed by atoms with Crippen molar-refractivity contribution in [1.82, 2.24) is 14.8 Å². The molecule has 0 unspecified atom stereocenters. The fourth-order valence-electron chi connectivity index (χ4n) is 4.87. The van der Waals surface area contributed by atoms with Crippen LogP contribution in [0.4, 0.5) is 5.69 Å². The third-order valence-electron chi connectivity index (χ3n) is 6.95. The van der Waals surface area contributed by atoms with Gasteiger partial charge >= 0.3 is 0 Å². The Bertz CT molecular complexity index is 1870. The Kier molecular flexibility index (Phi) is 8.57. The van der Waals surface area contributed by atoms with Gasteiger partial charge in [0.15, 0.2) is 11.0 Å². The Balaban J connectivity index is 1.15. The second-order valence-electron chi connectivity index (χ2n) is 9.68. The van der Waals surface area contributed by atoms with Crippen molar-refractivity contribution in [3.05, 3.63) is 96.8 Å². The highest BCUT2D eigenvalue weighted by molar-refractivity contribution is 7.99. The molecule has 2 aromatic heterocycles. The van der Waals surface area contributed by atoms with E-state index in [2.05, 4.69) is 15.5 Å². The Hall–Kier alpha value is -4.80. The number of nitrogens with zero attached hydrogens (tertiary/aromatic N) is 3. The molecule has 6 aromatic rings. The van der Waals surface area contributed by atoms with Crippen molar-refractivity contribution in [2.75, 3.05) is 31.9 Å². The first-order valence-electron chi connectivity index (χ1n) is 13.7. The Labute approximate surface area is 252 Å². The van der Waals surface area contributed by atoms with Gasteiger partial charge in [0.05, 0.1) is 25.2 Å². The van der Waals surface area contributed by atoms with Gasteiger partial charge in [0.25, 0.3) is 0 Å². The van der Waals surface area contributed by atoms with Crippen LogP contribution in [0.1, 0.15) is 5.82 Å². The van der Waals surface area contributed by atoms with E-state index in [-0.39, 0.29) is 18.3 Å². The molecule has 0 aliphatic heterocycles. The maximum absolute atomic E-state index is 13.1. The van der Waals surface area contributed by atoms with Gasteiger partial charge < -0.3 is 28.5 Å². The maximum atomic E-state index is 13.1. The molecule has 0 aliphatic carbocycles. The van der Waals surface area contributed by atoms with E-state index >= 15 is 0 Å². The molecule has 4 aromatic carbocycles. The number of ether oxygens (including phenoxy) is 3. The number of nitrogens with one attached hydrogen (secondary N) is 1. The highest BCUT2D eigenvalue weighted by Crippen LogP contribution is 2.36. The van der Waals surface area contributed by atoms with Gasteiger partial charge in [-0.25, -0.2) is 0 Å². The van der Waals surface area contributed by atoms with Crippen LogP contribution in [0.3, 0.4) is 0 Å². The van der Waals surface area contributed by atoms with Crippen LogP contribution in [0, 0.1) is 0 Å². The fraction of sp³-hybridized carbons (Fsp3) is 0.182. The molecule has 10 heteroatoms. The molecular weight excluding hydrogens is 564 g/mol. The standard InChI is InChI=1S/C33H30N4O5S/c1-39-17-16-37-31(20-41-27-14-8-6-12-23(27)22-10-4-3-5-11-22)35-36-33(37)43-21-32(38)34-26-19-29-25(18-30(26)40-2)24-13-7-9-15-28(24)42-29/h3-15,18-19H,16-17,20-21H2,1-2H3,(H,34,38). The molecule has 43 heavy (non-hydrogen) atoms. The van der Waals surface area contributed by atoms with E-state index in [4.69, 9.17) is 18.6 Å². The normalized spacial score (nSPS) is 11.2. The third-order valence-corrected chi connectivity index (χ3v) is 7.91. The number of para-hydroxylation sites is 2. The summed E-state index contributed by atoms with van der Waals surface area (Å²) in [6.07, 6.45) is 0. The number of furan rings is 1. The van der Waals surface area contributed by atoms with Gasteiger partial charge in [-0.3, -0.25) is 4.79 Å². The number of anilines is 1. The molecule has 2 heterocycles. The van der Waals surface area contributed by atoms with Gasteiger partial charge in [0.1, 0.15) is 29.3 Å². The van der Waals surface area contributed by atoms with Crippen LogP contribution in [0.5, 0.6) is 11.5 Å². The lowest BCUT2D eigenvalue weighted by atomic mass is 10.1. The first kappa shape index (κ1) is 28.3. The first-order chi connectivity index (χ1) is 21.1. The molecule has 0 saturated heterocycles. The predicted molar refractivity (Wildman–Crippen MR) is 168 cm³/mol. The molecule has 0 spiro atoms. The first-order valence-corrected chi connectivity index (χ1v) is 14.7. The number of carbonyl (C=O) groups is 1. The van der Waals surface area contributed by atoms with Crippen molar-refractivity contribution in [2.45, 2.75) is 18.3 Å². The van der Waals surface area contributed by atoms with Crippen molar-refractivity contribution in [3.8, 4) is 22.6 Å². The summed E-state index contributed by atoms with van der Waals surface area (Å²) in [6, 6.07) is 29.5. The van der Waals surface area contributed by atoms with Crippen molar-refractivity contribution < 1.29 is 23.4 Å².